The van der Waals surface area contributed by atoms with Gasteiger partial charge in [-0.3, -0.25) is 14.8 Å². The number of carbonyl (C=O) groups excluding carboxylic acids is 1. The molecule has 1 aromatic carbocycles. The van der Waals surface area contributed by atoms with E-state index in [1.165, 1.54) is 32.0 Å². The smallest absolute Gasteiger partial charge is 0.144 e. The second-order valence-corrected chi connectivity index (χ2v) is 11.8. The highest BCUT2D eigenvalue weighted by molar-refractivity contribution is 7.19. The standard InChI is InChI=1S/C29H33ClN6O2S/c1-34(33-18-22(5-10-37)35-8-11-38-12-9-35)19-24-15-27-29(39-24)25(4-6-32-27)26-14-21(30)13-20-3-2-7-36(28(20)26)23-16-31-17-23/h4-6,10,13-15,18,23,31H,2-3,7-9,11-12,16-17,19H2,1H3/b22-5+,33-18-. The quantitative estimate of drug-likeness (QED) is 0.190. The maximum atomic E-state index is 11.2. The first-order chi connectivity index (χ1) is 19.1. The van der Waals surface area contributed by atoms with Crippen molar-refractivity contribution in [3.63, 3.8) is 0 Å². The molecule has 0 atom stereocenters. The lowest BCUT2D eigenvalue weighted by atomic mass is 9.92. The summed E-state index contributed by atoms with van der Waals surface area (Å²) in [4.78, 5) is 21.8. The van der Waals surface area contributed by atoms with E-state index in [0.29, 0.717) is 25.8 Å². The summed E-state index contributed by atoms with van der Waals surface area (Å²) in [7, 11) is 1.95. The summed E-state index contributed by atoms with van der Waals surface area (Å²) in [5.41, 5.74) is 6.85. The van der Waals surface area contributed by atoms with Crippen molar-refractivity contribution in [2.24, 2.45) is 5.10 Å². The van der Waals surface area contributed by atoms with Crippen LogP contribution in [-0.4, -0.2) is 86.4 Å². The van der Waals surface area contributed by atoms with Gasteiger partial charge >= 0.3 is 0 Å². The Morgan fingerprint density at radius 2 is 2.10 bits per heavy atom. The van der Waals surface area contributed by atoms with Crippen LogP contribution >= 0.6 is 22.9 Å². The Morgan fingerprint density at radius 1 is 1.26 bits per heavy atom. The van der Waals surface area contributed by atoms with E-state index < -0.39 is 0 Å². The van der Waals surface area contributed by atoms with Crippen molar-refractivity contribution in [3.05, 3.63) is 57.7 Å². The van der Waals surface area contributed by atoms with Gasteiger partial charge in [-0.25, -0.2) is 0 Å². The molecule has 3 aromatic rings. The highest BCUT2D eigenvalue weighted by atomic mass is 35.5. The molecule has 1 N–H and O–H groups in total. The van der Waals surface area contributed by atoms with Crippen molar-refractivity contribution in [1.82, 2.24) is 20.2 Å². The Balaban J connectivity index is 1.28. The number of hydrogen-bond acceptors (Lipinski definition) is 9. The molecule has 3 aliphatic heterocycles. The maximum absolute atomic E-state index is 11.2. The Labute approximate surface area is 237 Å². The Morgan fingerprint density at radius 3 is 2.87 bits per heavy atom. The first-order valence-corrected chi connectivity index (χ1v) is 14.7. The molecule has 0 unspecified atom stereocenters. The number of thiophene rings is 1. The van der Waals surface area contributed by atoms with Crippen LogP contribution in [0.2, 0.25) is 5.02 Å². The predicted molar refractivity (Wildman–Crippen MR) is 159 cm³/mol. The fourth-order valence-corrected chi connectivity index (χ4v) is 7.05. The molecule has 0 bridgehead atoms. The average Bonchev–Trinajstić information content (AvgIpc) is 3.32. The number of carbonyl (C=O) groups is 1. The van der Waals surface area contributed by atoms with Crippen LogP contribution in [0.3, 0.4) is 0 Å². The number of halogens is 1. The molecule has 0 radical (unpaired) electrons. The van der Waals surface area contributed by atoms with E-state index in [-0.39, 0.29) is 0 Å². The van der Waals surface area contributed by atoms with Crippen LogP contribution in [0.15, 0.2) is 47.3 Å². The summed E-state index contributed by atoms with van der Waals surface area (Å²) in [6.45, 7) is 6.58. The van der Waals surface area contributed by atoms with Gasteiger partial charge in [-0.2, -0.15) is 5.10 Å². The Hall–Kier alpha value is -2.98. The number of rotatable bonds is 8. The van der Waals surface area contributed by atoms with Gasteiger partial charge in [0.25, 0.3) is 0 Å². The van der Waals surface area contributed by atoms with E-state index in [4.69, 9.17) is 21.3 Å². The molecule has 39 heavy (non-hydrogen) atoms. The molecule has 10 heteroatoms. The van der Waals surface area contributed by atoms with E-state index in [0.717, 1.165) is 68.1 Å². The fraction of sp³-hybridized carbons (Fsp3) is 0.414. The van der Waals surface area contributed by atoms with E-state index >= 15 is 0 Å². The topological polar surface area (TPSA) is 73.3 Å². The number of ether oxygens (including phenoxy) is 1. The number of aldehydes is 1. The SMILES string of the molecule is CN(Cc1cc2nccc(-c3cc(Cl)cc4c3N(C3CNC3)CCC4)c2s1)/N=C\C(=C/C=O)N1CCOCC1. The molecule has 2 saturated heterocycles. The highest BCUT2D eigenvalue weighted by Gasteiger charge is 2.31. The van der Waals surface area contributed by atoms with Crippen molar-refractivity contribution in [2.75, 3.05) is 57.9 Å². The summed E-state index contributed by atoms with van der Waals surface area (Å²) in [5.74, 6) is 0. The number of nitrogens with zero attached hydrogens (tertiary/aromatic N) is 5. The van der Waals surface area contributed by atoms with Crippen molar-refractivity contribution in [1.29, 1.82) is 0 Å². The Bertz CT molecular complexity index is 1410. The number of hydrazone groups is 1. The lowest BCUT2D eigenvalue weighted by Gasteiger charge is -2.44. The second kappa shape index (κ2) is 11.6. The fourth-order valence-electron chi connectivity index (χ4n) is 5.62. The maximum Gasteiger partial charge on any atom is 0.144 e. The highest BCUT2D eigenvalue weighted by Crippen LogP contribution is 2.44. The number of morpholine rings is 1. The minimum absolute atomic E-state index is 0.530. The van der Waals surface area contributed by atoms with E-state index in [1.807, 2.05) is 18.3 Å². The number of hydrogen-bond donors (Lipinski definition) is 1. The minimum atomic E-state index is 0.530. The molecule has 0 saturated carbocycles. The van der Waals surface area contributed by atoms with Crippen LogP contribution < -0.4 is 10.2 Å². The first-order valence-electron chi connectivity index (χ1n) is 13.5. The molecular weight excluding hydrogens is 532 g/mol. The van der Waals surface area contributed by atoms with Crippen LogP contribution in [0.25, 0.3) is 21.3 Å². The molecule has 2 aromatic heterocycles. The predicted octanol–water partition coefficient (Wildman–Crippen LogP) is 4.17. The number of aryl methyl sites for hydroxylation is 1. The summed E-state index contributed by atoms with van der Waals surface area (Å²) in [6.07, 6.45) is 8.25. The van der Waals surface area contributed by atoms with Gasteiger partial charge < -0.3 is 19.9 Å². The average molecular weight is 565 g/mol. The van der Waals surface area contributed by atoms with Gasteiger partial charge in [0.2, 0.25) is 0 Å². The zero-order valence-electron chi connectivity index (χ0n) is 22.1. The number of fused-ring (bicyclic) bond motifs is 2. The minimum Gasteiger partial charge on any atom is -0.378 e. The summed E-state index contributed by atoms with van der Waals surface area (Å²) < 4.78 is 6.60. The van der Waals surface area contributed by atoms with E-state index in [1.54, 1.807) is 23.6 Å². The van der Waals surface area contributed by atoms with Crippen molar-refractivity contribution < 1.29 is 9.53 Å². The molecule has 0 amide bonds. The number of aromatic nitrogens is 1. The molecule has 3 aliphatic rings. The first kappa shape index (κ1) is 26.3. The molecule has 8 nitrogen and oxygen atoms in total. The zero-order valence-corrected chi connectivity index (χ0v) is 23.7. The molecule has 0 aliphatic carbocycles. The van der Waals surface area contributed by atoms with E-state index in [9.17, 15) is 4.79 Å². The summed E-state index contributed by atoms with van der Waals surface area (Å²) >= 11 is 8.42. The van der Waals surface area contributed by atoms with Crippen LogP contribution in [0, 0.1) is 0 Å². The van der Waals surface area contributed by atoms with Gasteiger partial charge in [-0.15, -0.1) is 11.3 Å². The van der Waals surface area contributed by atoms with Crippen LogP contribution in [-0.2, 0) is 22.5 Å². The molecular formula is C29H33ClN6O2S. The molecule has 5 heterocycles. The second-order valence-electron chi connectivity index (χ2n) is 10.2. The van der Waals surface area contributed by atoms with Gasteiger partial charge in [0.1, 0.15) is 6.29 Å². The third-order valence-corrected chi connectivity index (χ3v) is 8.99. The molecule has 204 valence electrons. The van der Waals surface area contributed by atoms with Crippen molar-refractivity contribution in [2.45, 2.75) is 25.4 Å². The Kier molecular flexibility index (Phi) is 7.83. The number of nitrogens with one attached hydrogen (secondary N) is 1. The van der Waals surface area contributed by atoms with Gasteiger partial charge in [0, 0.05) is 78.8 Å². The number of allylic oxidation sites excluding steroid dienone is 2. The normalized spacial score (nSPS) is 18.5. The number of benzene rings is 1. The number of anilines is 1. The van der Waals surface area contributed by atoms with Gasteiger partial charge in [-0.05, 0) is 42.7 Å². The zero-order chi connectivity index (χ0) is 26.8. The lowest BCUT2D eigenvalue weighted by Crippen LogP contribution is -2.58. The molecule has 0 spiro atoms. The van der Waals surface area contributed by atoms with Crippen LogP contribution in [0.1, 0.15) is 16.9 Å². The molecule has 2 fully saturated rings. The molecule has 6 rings (SSSR count). The summed E-state index contributed by atoms with van der Waals surface area (Å²) in [6, 6.07) is 9.09. The lowest BCUT2D eigenvalue weighted by molar-refractivity contribution is -0.104. The van der Waals surface area contributed by atoms with Gasteiger partial charge in [0.05, 0.1) is 47.9 Å². The third-order valence-electron chi connectivity index (χ3n) is 7.63. The van der Waals surface area contributed by atoms with Gasteiger partial charge in [-0.1, -0.05) is 11.6 Å². The van der Waals surface area contributed by atoms with Crippen LogP contribution in [0.4, 0.5) is 5.69 Å². The van der Waals surface area contributed by atoms with E-state index in [2.05, 4.69) is 44.5 Å². The summed E-state index contributed by atoms with van der Waals surface area (Å²) in [5, 5.41) is 10.8. The van der Waals surface area contributed by atoms with Crippen molar-refractivity contribution >= 4 is 51.3 Å². The monoisotopic (exact) mass is 564 g/mol. The third kappa shape index (κ3) is 5.54. The van der Waals surface area contributed by atoms with Crippen LogP contribution in [0.5, 0.6) is 0 Å². The van der Waals surface area contributed by atoms with Gasteiger partial charge in [0.15, 0.2) is 0 Å². The largest absolute Gasteiger partial charge is 0.378 e. The number of pyridine rings is 1. The van der Waals surface area contributed by atoms with Crippen molar-refractivity contribution in [3.8, 4) is 11.1 Å².